The van der Waals surface area contributed by atoms with Crippen LogP contribution in [0.5, 0.6) is 5.75 Å². The van der Waals surface area contributed by atoms with Crippen LogP contribution in [0.25, 0.3) is 22.7 Å². The number of aromatic amines is 1. The predicted molar refractivity (Wildman–Crippen MR) is 115 cm³/mol. The van der Waals surface area contributed by atoms with E-state index in [1.807, 2.05) is 18.2 Å². The molecule has 4 aromatic rings. The Labute approximate surface area is 186 Å². The Morgan fingerprint density at radius 2 is 1.85 bits per heavy atom. The molecule has 2 aromatic heterocycles. The molecule has 11 heteroatoms. The van der Waals surface area contributed by atoms with Crippen LogP contribution in [0.15, 0.2) is 46.9 Å². The highest BCUT2D eigenvalue weighted by Crippen LogP contribution is 2.29. The minimum atomic E-state index is -1.24. The second-order valence-electron chi connectivity index (χ2n) is 7.71. The summed E-state index contributed by atoms with van der Waals surface area (Å²) in [6, 6.07) is 11.5. The lowest BCUT2D eigenvalue weighted by atomic mass is 9.95. The Bertz CT molecular complexity index is 1260. The summed E-state index contributed by atoms with van der Waals surface area (Å²) in [6.07, 6.45) is 1.20. The number of benzene rings is 2. The second kappa shape index (κ2) is 8.77. The molecular formula is C22H20FN5O5. The summed E-state index contributed by atoms with van der Waals surface area (Å²) < 4.78 is 29.6. The molecule has 170 valence electrons. The molecule has 0 bridgehead atoms. The summed E-state index contributed by atoms with van der Waals surface area (Å²) in [5, 5.41) is 19.6. The van der Waals surface area contributed by atoms with Gasteiger partial charge in [0.05, 0.1) is 17.1 Å². The van der Waals surface area contributed by atoms with Crippen LogP contribution in [-0.4, -0.2) is 43.6 Å². The molecule has 0 radical (unpaired) electrons. The largest absolute Gasteiger partial charge is 0.506 e. The molecule has 5 rings (SSSR count). The smallest absolute Gasteiger partial charge is 0.490 e. The number of anilines is 2. The number of nitrogens with one attached hydrogen (secondary N) is 2. The number of nitrogens with zero attached hydrogens (tertiary/aromatic N) is 3. The first kappa shape index (κ1) is 20.7. The maximum Gasteiger partial charge on any atom is 0.506 e. The molecule has 0 atom stereocenters. The zero-order valence-electron chi connectivity index (χ0n) is 17.3. The van der Waals surface area contributed by atoms with Crippen LogP contribution in [0.1, 0.15) is 25.7 Å². The van der Waals surface area contributed by atoms with Gasteiger partial charge in [-0.3, -0.25) is 0 Å². The fraction of sp³-hybridized carbons (Fsp3) is 0.273. The van der Waals surface area contributed by atoms with Crippen LogP contribution in [-0.2, 0) is 4.74 Å². The van der Waals surface area contributed by atoms with Crippen LogP contribution in [0.4, 0.5) is 20.9 Å². The van der Waals surface area contributed by atoms with Gasteiger partial charge in [-0.15, -0.1) is 5.10 Å². The number of aromatic nitrogens is 4. The summed E-state index contributed by atoms with van der Waals surface area (Å²) >= 11 is 0. The van der Waals surface area contributed by atoms with E-state index >= 15 is 0 Å². The number of H-pyrrole nitrogens is 1. The number of carboxylic acid groups (broad SMARTS) is 1. The highest BCUT2D eigenvalue weighted by molar-refractivity contribution is 5.79. The summed E-state index contributed by atoms with van der Waals surface area (Å²) in [7, 11) is 0. The zero-order chi connectivity index (χ0) is 22.8. The van der Waals surface area contributed by atoms with E-state index in [-0.39, 0.29) is 29.9 Å². The first-order chi connectivity index (χ1) is 16.0. The highest BCUT2D eigenvalue weighted by atomic mass is 19.1. The first-order valence-corrected chi connectivity index (χ1v) is 10.4. The number of fused-ring (bicyclic) bond motifs is 1. The fourth-order valence-corrected chi connectivity index (χ4v) is 3.79. The topological polar surface area (TPSA) is 135 Å². The molecule has 33 heavy (non-hydrogen) atoms. The Balaban J connectivity index is 1.25. The predicted octanol–water partition coefficient (Wildman–Crippen LogP) is 4.88. The highest BCUT2D eigenvalue weighted by Gasteiger charge is 2.25. The average Bonchev–Trinajstić information content (AvgIpc) is 3.43. The molecule has 0 amide bonds. The lowest BCUT2D eigenvalue weighted by Gasteiger charge is -2.28. The molecule has 3 N–H and O–H groups in total. The van der Waals surface area contributed by atoms with E-state index in [4.69, 9.17) is 19.0 Å². The van der Waals surface area contributed by atoms with E-state index in [9.17, 15) is 9.18 Å². The number of carbonyl (C=O) groups is 1. The normalized spacial score (nSPS) is 18.2. The van der Waals surface area contributed by atoms with E-state index in [1.165, 1.54) is 12.1 Å². The molecule has 10 nitrogen and oxygen atoms in total. The Kier molecular flexibility index (Phi) is 5.51. The van der Waals surface area contributed by atoms with Gasteiger partial charge in [0.15, 0.2) is 5.82 Å². The van der Waals surface area contributed by atoms with Gasteiger partial charge in [0.2, 0.25) is 0 Å². The third kappa shape index (κ3) is 4.86. The van der Waals surface area contributed by atoms with Crippen LogP contribution in [0.2, 0.25) is 0 Å². The zero-order valence-corrected chi connectivity index (χ0v) is 17.3. The van der Waals surface area contributed by atoms with Crippen molar-refractivity contribution in [3.05, 3.63) is 48.3 Å². The molecule has 1 aliphatic rings. The van der Waals surface area contributed by atoms with Crippen LogP contribution in [0, 0.1) is 5.82 Å². The molecule has 1 saturated carbocycles. The standard InChI is InChI=1S/C22H20FN5O5/c23-12-1-3-13(4-2-12)24-21-28-27-20(33-21)19-25-17-10-9-16(11-18(17)26-19)31-14-5-7-15(8-6-14)32-22(29)30/h1-4,9-11,14-15H,5-8H2,(H,24,28)(H,25,26)(H,29,30)/t14-,15+. The van der Waals surface area contributed by atoms with Crippen molar-refractivity contribution in [1.82, 2.24) is 20.2 Å². The second-order valence-corrected chi connectivity index (χ2v) is 7.71. The number of hydrogen-bond donors (Lipinski definition) is 3. The van der Waals surface area contributed by atoms with E-state index < -0.39 is 6.16 Å². The Hall–Kier alpha value is -4.15. The summed E-state index contributed by atoms with van der Waals surface area (Å²) in [4.78, 5) is 18.3. The van der Waals surface area contributed by atoms with Crippen molar-refractivity contribution < 1.29 is 28.2 Å². The molecule has 0 unspecified atom stereocenters. The fourth-order valence-electron chi connectivity index (χ4n) is 3.79. The maximum absolute atomic E-state index is 13.0. The summed E-state index contributed by atoms with van der Waals surface area (Å²) in [5.74, 6) is 0.963. The molecule has 1 aliphatic carbocycles. The number of halogens is 1. The van der Waals surface area contributed by atoms with Gasteiger partial charge in [-0.05, 0) is 62.1 Å². The van der Waals surface area contributed by atoms with E-state index in [2.05, 4.69) is 25.5 Å². The summed E-state index contributed by atoms with van der Waals surface area (Å²) in [5.41, 5.74) is 2.07. The molecule has 0 saturated heterocycles. The average molecular weight is 453 g/mol. The Morgan fingerprint density at radius 3 is 2.61 bits per heavy atom. The van der Waals surface area contributed by atoms with Crippen LogP contribution >= 0.6 is 0 Å². The van der Waals surface area contributed by atoms with Gasteiger partial charge >= 0.3 is 12.2 Å². The van der Waals surface area contributed by atoms with Crippen molar-refractivity contribution in [3.63, 3.8) is 0 Å². The molecule has 2 aromatic carbocycles. The number of rotatable bonds is 6. The van der Waals surface area contributed by atoms with Crippen molar-refractivity contribution in [2.45, 2.75) is 37.9 Å². The molecular weight excluding hydrogens is 433 g/mol. The Morgan fingerprint density at radius 1 is 1.09 bits per heavy atom. The minimum absolute atomic E-state index is 0.00507. The first-order valence-electron chi connectivity index (χ1n) is 10.4. The van der Waals surface area contributed by atoms with Gasteiger partial charge in [0.1, 0.15) is 17.7 Å². The van der Waals surface area contributed by atoms with Gasteiger partial charge in [0.25, 0.3) is 5.89 Å². The van der Waals surface area contributed by atoms with Gasteiger partial charge < -0.3 is 29.3 Å². The summed E-state index contributed by atoms with van der Waals surface area (Å²) in [6.45, 7) is 0. The maximum atomic E-state index is 13.0. The molecule has 0 spiro atoms. The van der Waals surface area contributed by atoms with Crippen molar-refractivity contribution in [1.29, 1.82) is 0 Å². The third-order valence-electron chi connectivity index (χ3n) is 5.37. The quantitative estimate of drug-likeness (QED) is 0.349. The lowest BCUT2D eigenvalue weighted by molar-refractivity contribution is 0.0152. The van der Waals surface area contributed by atoms with Crippen molar-refractivity contribution in [2.24, 2.45) is 0 Å². The lowest BCUT2D eigenvalue weighted by Crippen LogP contribution is -2.29. The van der Waals surface area contributed by atoms with E-state index in [1.54, 1.807) is 12.1 Å². The van der Waals surface area contributed by atoms with E-state index in [0.29, 0.717) is 35.6 Å². The number of imidazole rings is 1. The minimum Gasteiger partial charge on any atom is -0.490 e. The van der Waals surface area contributed by atoms with Crippen LogP contribution in [0.3, 0.4) is 0 Å². The number of ether oxygens (including phenoxy) is 2. The SMILES string of the molecule is O=C(O)O[C@H]1CC[C@@H](Oc2ccc3nc(-c4nnc(Nc5ccc(F)cc5)o4)[nH]c3c2)CC1. The van der Waals surface area contributed by atoms with E-state index in [0.717, 1.165) is 18.4 Å². The van der Waals surface area contributed by atoms with Crippen LogP contribution < -0.4 is 10.1 Å². The monoisotopic (exact) mass is 453 g/mol. The van der Waals surface area contributed by atoms with Crippen molar-refractivity contribution in [3.8, 4) is 17.5 Å². The molecule has 2 heterocycles. The number of hydrogen-bond acceptors (Lipinski definition) is 8. The van der Waals surface area contributed by atoms with Crippen molar-refractivity contribution in [2.75, 3.05) is 5.32 Å². The van der Waals surface area contributed by atoms with Crippen molar-refractivity contribution >= 4 is 28.9 Å². The third-order valence-corrected chi connectivity index (χ3v) is 5.37. The molecule has 0 aliphatic heterocycles. The van der Waals surface area contributed by atoms with Gasteiger partial charge in [-0.2, -0.15) is 0 Å². The molecule has 1 fully saturated rings. The van der Waals surface area contributed by atoms with Gasteiger partial charge in [0, 0.05) is 11.8 Å². The van der Waals surface area contributed by atoms with Gasteiger partial charge in [-0.25, -0.2) is 14.2 Å². The van der Waals surface area contributed by atoms with Gasteiger partial charge in [-0.1, -0.05) is 5.10 Å².